The number of thioether (sulfide) groups is 1. The largest absolute Gasteiger partial charge is 0.457 e. The highest BCUT2D eigenvalue weighted by Gasteiger charge is 2.14. The Hall–Kier alpha value is -2.35. The molecular formula is C23H19BrN2O2S2. The van der Waals surface area contributed by atoms with Crippen molar-refractivity contribution in [3.8, 4) is 11.5 Å². The van der Waals surface area contributed by atoms with Crippen LogP contribution in [-0.2, 0) is 6.54 Å². The summed E-state index contributed by atoms with van der Waals surface area (Å²) in [6, 6.07) is 22.8. The molecule has 0 spiro atoms. The fourth-order valence-electron chi connectivity index (χ4n) is 3.03. The molecular weight excluding hydrogens is 480 g/mol. The van der Waals surface area contributed by atoms with Gasteiger partial charge in [0.05, 0.1) is 15.8 Å². The summed E-state index contributed by atoms with van der Waals surface area (Å²) in [5, 5.41) is 0. The van der Waals surface area contributed by atoms with Gasteiger partial charge in [0, 0.05) is 16.8 Å². The van der Waals surface area contributed by atoms with Crippen LogP contribution in [0.1, 0.15) is 10.4 Å². The normalized spacial score (nSPS) is 11.7. The number of ether oxygens (including phenoxy) is 1. The summed E-state index contributed by atoms with van der Waals surface area (Å²) in [5.41, 5.74) is 1.52. The highest BCUT2D eigenvalue weighted by atomic mass is 79.9. The molecule has 3 aromatic carbocycles. The van der Waals surface area contributed by atoms with Gasteiger partial charge in [0.15, 0.2) is 4.80 Å². The third kappa shape index (κ3) is 4.69. The first kappa shape index (κ1) is 20.9. The maximum atomic E-state index is 13.1. The molecule has 0 radical (unpaired) electrons. The van der Waals surface area contributed by atoms with Gasteiger partial charge in [0.25, 0.3) is 5.91 Å². The van der Waals surface area contributed by atoms with Crippen molar-refractivity contribution in [2.24, 2.45) is 4.99 Å². The van der Waals surface area contributed by atoms with Crippen molar-refractivity contribution < 1.29 is 9.53 Å². The number of hydrogen-bond donors (Lipinski definition) is 0. The topological polar surface area (TPSA) is 43.6 Å². The lowest BCUT2D eigenvalue weighted by Crippen LogP contribution is -2.18. The number of amides is 1. The number of aryl methyl sites for hydroxylation is 1. The monoisotopic (exact) mass is 498 g/mol. The number of nitrogens with zero attached hydrogens (tertiary/aromatic N) is 2. The molecule has 1 aromatic heterocycles. The zero-order valence-corrected chi connectivity index (χ0v) is 19.5. The lowest BCUT2D eigenvalue weighted by molar-refractivity contribution is 0.0995. The molecule has 0 aliphatic rings. The Morgan fingerprint density at radius 3 is 2.67 bits per heavy atom. The molecule has 0 saturated carbocycles. The van der Waals surface area contributed by atoms with Crippen molar-refractivity contribution in [1.29, 1.82) is 0 Å². The average Bonchev–Trinajstić information content (AvgIpc) is 3.09. The fourth-order valence-corrected chi connectivity index (χ4v) is 5.00. The van der Waals surface area contributed by atoms with Crippen LogP contribution >= 0.6 is 39.0 Å². The summed E-state index contributed by atoms with van der Waals surface area (Å²) < 4.78 is 10.2. The van der Waals surface area contributed by atoms with E-state index >= 15 is 0 Å². The van der Waals surface area contributed by atoms with E-state index in [1.54, 1.807) is 23.9 Å². The summed E-state index contributed by atoms with van der Waals surface area (Å²) in [6.45, 7) is 0.789. The van der Waals surface area contributed by atoms with Crippen LogP contribution < -0.4 is 9.54 Å². The molecule has 7 heteroatoms. The molecule has 30 heavy (non-hydrogen) atoms. The predicted molar refractivity (Wildman–Crippen MR) is 129 cm³/mol. The predicted octanol–water partition coefficient (Wildman–Crippen LogP) is 6.36. The van der Waals surface area contributed by atoms with E-state index in [2.05, 4.69) is 43.9 Å². The first-order valence-corrected chi connectivity index (χ1v) is 12.3. The van der Waals surface area contributed by atoms with Crippen LogP contribution in [0.25, 0.3) is 10.2 Å². The van der Waals surface area contributed by atoms with Crippen molar-refractivity contribution in [1.82, 2.24) is 4.57 Å². The van der Waals surface area contributed by atoms with Gasteiger partial charge < -0.3 is 9.30 Å². The minimum Gasteiger partial charge on any atom is -0.457 e. The first-order valence-electron chi connectivity index (χ1n) is 9.34. The van der Waals surface area contributed by atoms with Crippen molar-refractivity contribution in [3.05, 3.63) is 87.6 Å². The molecule has 1 amide bonds. The van der Waals surface area contributed by atoms with Gasteiger partial charge >= 0.3 is 0 Å². The van der Waals surface area contributed by atoms with Crippen molar-refractivity contribution >= 4 is 55.2 Å². The van der Waals surface area contributed by atoms with Gasteiger partial charge in [0.1, 0.15) is 11.5 Å². The van der Waals surface area contributed by atoms with Gasteiger partial charge in [-0.25, -0.2) is 0 Å². The zero-order valence-electron chi connectivity index (χ0n) is 16.2. The third-order valence-electron chi connectivity index (χ3n) is 4.45. The van der Waals surface area contributed by atoms with Gasteiger partial charge in [-0.3, -0.25) is 4.79 Å². The van der Waals surface area contributed by atoms with Gasteiger partial charge in [-0.05, 0) is 48.7 Å². The Bertz CT molecular complexity index is 1250. The second-order valence-electron chi connectivity index (χ2n) is 6.47. The summed E-state index contributed by atoms with van der Waals surface area (Å²) >= 11 is 6.81. The maximum absolute atomic E-state index is 13.1. The van der Waals surface area contributed by atoms with Crippen molar-refractivity contribution in [3.63, 3.8) is 0 Å². The second kappa shape index (κ2) is 9.64. The Kier molecular flexibility index (Phi) is 6.72. The van der Waals surface area contributed by atoms with E-state index in [4.69, 9.17) is 4.74 Å². The Morgan fingerprint density at radius 1 is 1.10 bits per heavy atom. The standard InChI is InChI=1S/C23H19BrN2O2S2/c1-29-14-13-26-19-12-11-16(24)15-21(19)30-23(26)25-22(27)18-9-5-6-10-20(18)28-17-7-3-2-4-8-17/h2-12,15H,13-14H2,1H3. The molecule has 0 atom stereocenters. The van der Waals surface area contributed by atoms with Crippen molar-refractivity contribution in [2.75, 3.05) is 12.0 Å². The molecule has 0 N–H and O–H groups in total. The molecule has 0 saturated heterocycles. The molecule has 0 unspecified atom stereocenters. The smallest absolute Gasteiger partial charge is 0.283 e. The lowest BCUT2D eigenvalue weighted by atomic mass is 10.2. The van der Waals surface area contributed by atoms with Gasteiger partial charge in [-0.1, -0.05) is 57.6 Å². The van der Waals surface area contributed by atoms with Crippen LogP contribution in [0.3, 0.4) is 0 Å². The van der Waals surface area contributed by atoms with E-state index in [1.165, 1.54) is 11.3 Å². The number of halogens is 1. The molecule has 4 nitrogen and oxygen atoms in total. The van der Waals surface area contributed by atoms with Crippen LogP contribution in [0.15, 0.2) is 82.3 Å². The number of carbonyl (C=O) groups is 1. The molecule has 4 rings (SSSR count). The van der Waals surface area contributed by atoms with Crippen LogP contribution in [0, 0.1) is 0 Å². The summed E-state index contributed by atoms with van der Waals surface area (Å²) in [6.07, 6.45) is 2.07. The van der Waals surface area contributed by atoms with E-state index < -0.39 is 0 Å². The van der Waals surface area contributed by atoms with Gasteiger partial charge in [-0.2, -0.15) is 16.8 Å². The Morgan fingerprint density at radius 2 is 1.87 bits per heavy atom. The number of carbonyl (C=O) groups excluding carboxylic acids is 1. The fraction of sp³-hybridized carbons (Fsp3) is 0.130. The maximum Gasteiger partial charge on any atom is 0.283 e. The lowest BCUT2D eigenvalue weighted by Gasteiger charge is -2.08. The number of rotatable bonds is 6. The van der Waals surface area contributed by atoms with Gasteiger partial charge in [0.2, 0.25) is 0 Å². The SMILES string of the molecule is CSCCn1c(=NC(=O)c2ccccc2Oc2ccccc2)sc2cc(Br)ccc21. The van der Waals surface area contributed by atoms with E-state index in [9.17, 15) is 4.79 Å². The quantitative estimate of drug-likeness (QED) is 0.310. The molecule has 1 heterocycles. The van der Waals surface area contributed by atoms with Crippen LogP contribution in [-0.4, -0.2) is 22.5 Å². The van der Waals surface area contributed by atoms with Crippen molar-refractivity contribution in [2.45, 2.75) is 6.54 Å². The molecule has 4 aromatic rings. The zero-order chi connectivity index (χ0) is 20.9. The number of aromatic nitrogens is 1. The number of fused-ring (bicyclic) bond motifs is 1. The number of benzene rings is 3. The summed E-state index contributed by atoms with van der Waals surface area (Å²) in [4.78, 5) is 18.3. The Balaban J connectivity index is 1.75. The van der Waals surface area contributed by atoms with E-state index in [0.717, 1.165) is 27.0 Å². The van der Waals surface area contributed by atoms with Gasteiger partial charge in [-0.15, -0.1) is 0 Å². The third-order valence-corrected chi connectivity index (χ3v) is 6.57. The van der Waals surface area contributed by atoms with Crippen LogP contribution in [0.2, 0.25) is 0 Å². The second-order valence-corrected chi connectivity index (χ2v) is 9.38. The molecule has 0 bridgehead atoms. The number of thiazole rings is 1. The molecule has 0 fully saturated rings. The van der Waals surface area contributed by atoms with E-state index in [0.29, 0.717) is 21.9 Å². The summed E-state index contributed by atoms with van der Waals surface area (Å²) in [7, 11) is 0. The number of para-hydroxylation sites is 2. The molecule has 152 valence electrons. The molecule has 0 aliphatic heterocycles. The summed E-state index contributed by atoms with van der Waals surface area (Å²) in [5.74, 6) is 1.80. The average molecular weight is 499 g/mol. The minimum absolute atomic E-state index is 0.315. The van der Waals surface area contributed by atoms with E-state index in [1.807, 2.05) is 48.5 Å². The van der Waals surface area contributed by atoms with E-state index in [-0.39, 0.29) is 5.91 Å². The number of hydrogen-bond acceptors (Lipinski definition) is 4. The van der Waals surface area contributed by atoms with Crippen LogP contribution in [0.5, 0.6) is 11.5 Å². The highest BCUT2D eigenvalue weighted by molar-refractivity contribution is 9.10. The molecule has 0 aliphatic carbocycles. The highest BCUT2D eigenvalue weighted by Crippen LogP contribution is 2.26. The first-order chi connectivity index (χ1) is 14.7. The van der Waals surface area contributed by atoms with Crippen LogP contribution in [0.4, 0.5) is 0 Å². The minimum atomic E-state index is -0.315. The Labute approximate surface area is 191 Å².